The van der Waals surface area contributed by atoms with E-state index in [0.29, 0.717) is 23.7 Å². The van der Waals surface area contributed by atoms with Gasteiger partial charge in [0.05, 0.1) is 6.21 Å². The van der Waals surface area contributed by atoms with Crippen molar-refractivity contribution in [2.75, 3.05) is 24.4 Å². The van der Waals surface area contributed by atoms with Crippen LogP contribution in [0.15, 0.2) is 39.0 Å². The predicted octanol–water partition coefficient (Wildman–Crippen LogP) is 1.59. The smallest absolute Gasteiger partial charge is 0.329 e. The van der Waals surface area contributed by atoms with Gasteiger partial charge >= 0.3 is 5.69 Å². The zero-order chi connectivity index (χ0) is 20.4. The second kappa shape index (κ2) is 7.71. The molecule has 0 spiro atoms. The zero-order valence-electron chi connectivity index (χ0n) is 16.7. The van der Waals surface area contributed by atoms with Gasteiger partial charge in [-0.3, -0.25) is 14.3 Å². The second-order valence-corrected chi connectivity index (χ2v) is 7.29. The van der Waals surface area contributed by atoms with Gasteiger partial charge in [0.2, 0.25) is 5.95 Å². The molecule has 0 aliphatic rings. The van der Waals surface area contributed by atoms with Gasteiger partial charge in [-0.15, -0.1) is 0 Å². The fraction of sp³-hybridized carbons (Fsp3) is 0.368. The highest BCUT2D eigenvalue weighted by atomic mass is 16.2. The SMILES string of the molecule is CC(C)Cn1c(N/N=C/c2ccc(N(C)C)cc2)nc2c1c(=O)[nH]c(=O)n2C. The van der Waals surface area contributed by atoms with Gasteiger partial charge in [0, 0.05) is 33.4 Å². The van der Waals surface area contributed by atoms with Crippen molar-refractivity contribution >= 4 is 29.0 Å². The molecule has 3 aromatic rings. The fourth-order valence-electron chi connectivity index (χ4n) is 2.89. The Kier molecular flexibility index (Phi) is 5.34. The third-order valence-corrected chi connectivity index (χ3v) is 4.34. The summed E-state index contributed by atoms with van der Waals surface area (Å²) in [6.45, 7) is 4.65. The molecule has 148 valence electrons. The van der Waals surface area contributed by atoms with Gasteiger partial charge in [-0.1, -0.05) is 26.0 Å². The van der Waals surface area contributed by atoms with Crippen LogP contribution in [0.3, 0.4) is 0 Å². The number of benzene rings is 1. The van der Waals surface area contributed by atoms with Crippen LogP contribution >= 0.6 is 0 Å². The van der Waals surface area contributed by atoms with E-state index in [1.165, 1.54) is 4.57 Å². The molecule has 2 heterocycles. The first kappa shape index (κ1) is 19.4. The number of aryl methyl sites for hydroxylation is 1. The number of hydrogen-bond donors (Lipinski definition) is 2. The van der Waals surface area contributed by atoms with E-state index in [2.05, 4.69) is 20.5 Å². The monoisotopic (exact) mass is 383 g/mol. The lowest BCUT2D eigenvalue weighted by atomic mass is 10.2. The van der Waals surface area contributed by atoms with E-state index in [-0.39, 0.29) is 5.92 Å². The summed E-state index contributed by atoms with van der Waals surface area (Å²) in [6, 6.07) is 7.94. The molecule has 0 aliphatic carbocycles. The molecule has 9 heteroatoms. The molecule has 9 nitrogen and oxygen atoms in total. The minimum absolute atomic E-state index is 0.275. The third kappa shape index (κ3) is 3.83. The van der Waals surface area contributed by atoms with E-state index in [9.17, 15) is 9.59 Å². The third-order valence-electron chi connectivity index (χ3n) is 4.34. The Morgan fingerprint density at radius 3 is 2.54 bits per heavy atom. The molecule has 0 saturated carbocycles. The molecular weight excluding hydrogens is 358 g/mol. The second-order valence-electron chi connectivity index (χ2n) is 7.29. The van der Waals surface area contributed by atoms with Crippen molar-refractivity contribution in [1.82, 2.24) is 19.1 Å². The normalized spacial score (nSPS) is 11.6. The van der Waals surface area contributed by atoms with Gasteiger partial charge in [0.1, 0.15) is 0 Å². The highest BCUT2D eigenvalue weighted by Crippen LogP contribution is 2.17. The maximum absolute atomic E-state index is 12.3. The lowest BCUT2D eigenvalue weighted by molar-refractivity contribution is 0.535. The Bertz CT molecular complexity index is 1120. The summed E-state index contributed by atoms with van der Waals surface area (Å²) in [5, 5.41) is 4.26. The predicted molar refractivity (Wildman–Crippen MR) is 112 cm³/mol. The minimum Gasteiger partial charge on any atom is -0.378 e. The van der Waals surface area contributed by atoms with Gasteiger partial charge in [0.15, 0.2) is 11.2 Å². The van der Waals surface area contributed by atoms with Gasteiger partial charge < -0.3 is 9.47 Å². The van der Waals surface area contributed by atoms with E-state index in [0.717, 1.165) is 11.3 Å². The van der Waals surface area contributed by atoms with Gasteiger partial charge in [-0.05, 0) is 23.6 Å². The summed E-state index contributed by atoms with van der Waals surface area (Å²) in [7, 11) is 5.55. The molecule has 2 N–H and O–H groups in total. The Morgan fingerprint density at radius 1 is 1.25 bits per heavy atom. The highest BCUT2D eigenvalue weighted by molar-refractivity contribution is 5.81. The molecule has 0 amide bonds. The van der Waals surface area contributed by atoms with Crippen LogP contribution in [-0.4, -0.2) is 39.4 Å². The van der Waals surface area contributed by atoms with Crippen molar-refractivity contribution in [3.8, 4) is 0 Å². The van der Waals surface area contributed by atoms with Crippen LogP contribution in [0.4, 0.5) is 11.6 Å². The number of fused-ring (bicyclic) bond motifs is 1. The number of anilines is 2. The lowest BCUT2D eigenvalue weighted by Gasteiger charge is -2.11. The highest BCUT2D eigenvalue weighted by Gasteiger charge is 2.17. The quantitative estimate of drug-likeness (QED) is 0.497. The number of nitrogens with one attached hydrogen (secondary N) is 2. The lowest BCUT2D eigenvalue weighted by Crippen LogP contribution is -2.29. The number of aromatic nitrogens is 4. The Balaban J connectivity index is 1.95. The number of hydrazone groups is 1. The van der Waals surface area contributed by atoms with Crippen molar-refractivity contribution in [1.29, 1.82) is 0 Å². The van der Waals surface area contributed by atoms with Crippen LogP contribution in [0.1, 0.15) is 19.4 Å². The molecule has 0 atom stereocenters. The molecule has 3 rings (SSSR count). The van der Waals surface area contributed by atoms with Crippen LogP contribution in [-0.2, 0) is 13.6 Å². The first-order valence-electron chi connectivity index (χ1n) is 9.04. The molecule has 2 aromatic heterocycles. The van der Waals surface area contributed by atoms with E-state index >= 15 is 0 Å². The molecule has 0 radical (unpaired) electrons. The molecule has 28 heavy (non-hydrogen) atoms. The summed E-state index contributed by atoms with van der Waals surface area (Å²) in [4.78, 5) is 33.0. The van der Waals surface area contributed by atoms with Crippen LogP contribution in [0.2, 0.25) is 0 Å². The first-order valence-corrected chi connectivity index (χ1v) is 9.04. The van der Waals surface area contributed by atoms with Crippen molar-refractivity contribution in [2.45, 2.75) is 20.4 Å². The summed E-state index contributed by atoms with van der Waals surface area (Å²) in [5.41, 5.74) is 4.66. The topological polar surface area (TPSA) is 100 Å². The average Bonchev–Trinajstić information content (AvgIpc) is 2.98. The van der Waals surface area contributed by atoms with Gasteiger partial charge in [-0.25, -0.2) is 10.2 Å². The Hall–Kier alpha value is -3.36. The Morgan fingerprint density at radius 2 is 1.93 bits per heavy atom. The summed E-state index contributed by atoms with van der Waals surface area (Å²) >= 11 is 0. The van der Waals surface area contributed by atoms with E-state index in [4.69, 9.17) is 0 Å². The molecule has 0 fully saturated rings. The summed E-state index contributed by atoms with van der Waals surface area (Å²) in [5.74, 6) is 0.689. The maximum atomic E-state index is 12.3. The number of hydrogen-bond acceptors (Lipinski definition) is 6. The molecule has 0 unspecified atom stereocenters. The number of nitrogens with zero attached hydrogens (tertiary/aromatic N) is 5. The largest absolute Gasteiger partial charge is 0.378 e. The fourth-order valence-corrected chi connectivity index (χ4v) is 2.89. The first-order chi connectivity index (χ1) is 13.3. The molecule has 1 aromatic carbocycles. The number of imidazole rings is 1. The van der Waals surface area contributed by atoms with E-state index < -0.39 is 11.2 Å². The molecule has 0 saturated heterocycles. The minimum atomic E-state index is -0.497. The van der Waals surface area contributed by atoms with Crippen molar-refractivity contribution < 1.29 is 0 Å². The van der Waals surface area contributed by atoms with Crippen LogP contribution in [0, 0.1) is 5.92 Å². The molecular formula is C19H25N7O2. The standard InChI is InChI=1S/C19H25N7O2/c1-12(2)11-26-15-16(25(5)19(28)22-17(15)27)21-18(26)23-20-10-13-6-8-14(9-7-13)24(3)4/h6-10,12H,11H2,1-5H3,(H,21,23)(H,22,27,28)/b20-10+. The van der Waals surface area contributed by atoms with E-state index in [1.54, 1.807) is 17.8 Å². The zero-order valence-corrected chi connectivity index (χ0v) is 16.7. The molecule has 0 aliphatic heterocycles. The van der Waals surface area contributed by atoms with Crippen LogP contribution in [0.25, 0.3) is 11.2 Å². The Labute approximate surface area is 162 Å². The van der Waals surface area contributed by atoms with Crippen molar-refractivity contribution in [3.05, 3.63) is 50.7 Å². The van der Waals surface area contributed by atoms with Crippen LogP contribution < -0.4 is 21.6 Å². The van der Waals surface area contributed by atoms with Crippen molar-refractivity contribution in [3.63, 3.8) is 0 Å². The maximum Gasteiger partial charge on any atom is 0.329 e. The number of aromatic amines is 1. The number of rotatable bonds is 6. The summed E-state index contributed by atoms with van der Waals surface area (Å²) in [6.07, 6.45) is 1.68. The summed E-state index contributed by atoms with van der Waals surface area (Å²) < 4.78 is 3.08. The average molecular weight is 383 g/mol. The van der Waals surface area contributed by atoms with Gasteiger partial charge in [-0.2, -0.15) is 10.1 Å². The van der Waals surface area contributed by atoms with Crippen molar-refractivity contribution in [2.24, 2.45) is 18.1 Å². The van der Waals surface area contributed by atoms with Gasteiger partial charge in [0.25, 0.3) is 5.56 Å². The van der Waals surface area contributed by atoms with E-state index in [1.807, 2.05) is 57.1 Å². The number of H-pyrrole nitrogens is 1. The van der Waals surface area contributed by atoms with Crippen LogP contribution in [0.5, 0.6) is 0 Å². The molecule has 0 bridgehead atoms.